The van der Waals surface area contributed by atoms with Crippen LogP contribution in [0.4, 0.5) is 11.4 Å². The normalized spacial score (nSPS) is 11.5. The summed E-state index contributed by atoms with van der Waals surface area (Å²) in [6, 6.07) is 18.7. The van der Waals surface area contributed by atoms with Crippen LogP contribution in [0.3, 0.4) is 0 Å². The Morgan fingerprint density at radius 1 is 0.971 bits per heavy atom. The maximum absolute atomic E-state index is 12.8. The minimum atomic E-state index is -3.86. The van der Waals surface area contributed by atoms with Crippen LogP contribution < -0.4 is 10.0 Å². The fourth-order valence-electron chi connectivity index (χ4n) is 3.67. The Balaban J connectivity index is 1.28. The highest BCUT2D eigenvalue weighted by Crippen LogP contribution is 2.19. The molecule has 2 aromatic carbocycles. The van der Waals surface area contributed by atoms with E-state index in [2.05, 4.69) is 20.1 Å². The lowest BCUT2D eigenvalue weighted by Crippen LogP contribution is -2.16. The standard InChI is InChI=1S/C25H22N6O3S/c1-18-6-4-8-20(12-18)29-35(33,34)23-9-5-7-19(13-23)25(32)28-21-14-26-31(16-21)17-22-15-30-11-3-2-10-24(30)27-22/h2-16,29H,17H2,1H3,(H,28,32). The van der Waals surface area contributed by atoms with Gasteiger partial charge in [-0.25, -0.2) is 13.4 Å². The number of carbonyl (C=O) groups is 1. The van der Waals surface area contributed by atoms with Crippen molar-refractivity contribution in [3.05, 3.63) is 108 Å². The zero-order valence-electron chi connectivity index (χ0n) is 18.8. The van der Waals surface area contributed by atoms with Gasteiger partial charge in [0, 0.05) is 29.8 Å². The number of fused-ring (bicyclic) bond motifs is 1. The average molecular weight is 487 g/mol. The van der Waals surface area contributed by atoms with E-state index in [1.807, 2.05) is 48.0 Å². The van der Waals surface area contributed by atoms with Gasteiger partial charge in [-0.3, -0.25) is 14.2 Å². The highest BCUT2D eigenvalue weighted by Gasteiger charge is 2.17. The second-order valence-corrected chi connectivity index (χ2v) is 9.76. The number of rotatable bonds is 7. The Morgan fingerprint density at radius 2 is 1.83 bits per heavy atom. The highest BCUT2D eigenvalue weighted by atomic mass is 32.2. The molecule has 0 aliphatic rings. The van der Waals surface area contributed by atoms with E-state index in [4.69, 9.17) is 0 Å². The molecule has 0 aliphatic carbocycles. The minimum Gasteiger partial charge on any atom is -0.319 e. The van der Waals surface area contributed by atoms with Crippen molar-refractivity contribution in [2.45, 2.75) is 18.4 Å². The summed E-state index contributed by atoms with van der Waals surface area (Å²) >= 11 is 0. The zero-order chi connectivity index (χ0) is 24.4. The molecule has 0 bridgehead atoms. The summed E-state index contributed by atoms with van der Waals surface area (Å²) in [7, 11) is -3.86. The third kappa shape index (κ3) is 5.07. The van der Waals surface area contributed by atoms with Crippen LogP contribution in [0.1, 0.15) is 21.6 Å². The van der Waals surface area contributed by atoms with Gasteiger partial charge in [0.1, 0.15) is 5.65 Å². The zero-order valence-corrected chi connectivity index (χ0v) is 19.6. The number of benzene rings is 2. The summed E-state index contributed by atoms with van der Waals surface area (Å²) < 4.78 is 31.8. The number of nitrogens with zero attached hydrogens (tertiary/aromatic N) is 4. The van der Waals surface area contributed by atoms with Crippen LogP contribution >= 0.6 is 0 Å². The van der Waals surface area contributed by atoms with Gasteiger partial charge in [-0.1, -0.05) is 24.3 Å². The monoisotopic (exact) mass is 486 g/mol. The first-order valence-electron chi connectivity index (χ1n) is 10.8. The molecule has 0 unspecified atom stereocenters. The van der Waals surface area contributed by atoms with E-state index < -0.39 is 15.9 Å². The molecule has 10 heteroatoms. The largest absolute Gasteiger partial charge is 0.319 e. The Labute approximate surface area is 202 Å². The van der Waals surface area contributed by atoms with Gasteiger partial charge < -0.3 is 9.72 Å². The van der Waals surface area contributed by atoms with E-state index in [9.17, 15) is 13.2 Å². The summed E-state index contributed by atoms with van der Waals surface area (Å²) in [5.41, 5.74) is 3.76. The van der Waals surface area contributed by atoms with Crippen LogP contribution in [-0.2, 0) is 16.6 Å². The van der Waals surface area contributed by atoms with Gasteiger partial charge >= 0.3 is 0 Å². The molecule has 0 spiro atoms. The van der Waals surface area contributed by atoms with Crippen LogP contribution in [0, 0.1) is 6.92 Å². The number of aromatic nitrogens is 4. The van der Waals surface area contributed by atoms with Gasteiger partial charge in [0.25, 0.3) is 15.9 Å². The summed E-state index contributed by atoms with van der Waals surface area (Å²) in [6.07, 6.45) is 7.08. The van der Waals surface area contributed by atoms with Crippen molar-refractivity contribution in [1.82, 2.24) is 19.2 Å². The fraction of sp³-hybridized carbons (Fsp3) is 0.0800. The molecule has 9 nitrogen and oxygen atoms in total. The smallest absolute Gasteiger partial charge is 0.261 e. The number of carbonyl (C=O) groups excluding carboxylic acids is 1. The molecule has 3 heterocycles. The third-order valence-corrected chi connectivity index (χ3v) is 6.68. The molecule has 1 amide bonds. The number of anilines is 2. The summed E-state index contributed by atoms with van der Waals surface area (Å²) in [5.74, 6) is -0.440. The lowest BCUT2D eigenvalue weighted by Gasteiger charge is -2.10. The summed E-state index contributed by atoms with van der Waals surface area (Å²) in [4.78, 5) is 17.3. The van der Waals surface area contributed by atoms with Crippen molar-refractivity contribution in [2.75, 3.05) is 10.0 Å². The van der Waals surface area contributed by atoms with Gasteiger partial charge in [0.15, 0.2) is 0 Å². The average Bonchev–Trinajstić information content (AvgIpc) is 3.45. The molecule has 0 fully saturated rings. The number of amides is 1. The van der Waals surface area contributed by atoms with E-state index in [0.717, 1.165) is 16.9 Å². The number of aryl methyl sites for hydroxylation is 1. The van der Waals surface area contributed by atoms with E-state index in [1.54, 1.807) is 35.1 Å². The van der Waals surface area contributed by atoms with Crippen LogP contribution in [0.15, 0.2) is 96.4 Å². The Bertz CT molecular complexity index is 1600. The second-order valence-electron chi connectivity index (χ2n) is 8.08. The number of hydrogen-bond donors (Lipinski definition) is 2. The van der Waals surface area contributed by atoms with Crippen molar-refractivity contribution in [3.63, 3.8) is 0 Å². The Morgan fingerprint density at radius 3 is 2.66 bits per heavy atom. The summed E-state index contributed by atoms with van der Waals surface area (Å²) in [6.45, 7) is 2.32. The fourth-order valence-corrected chi connectivity index (χ4v) is 4.77. The van der Waals surface area contributed by atoms with E-state index in [-0.39, 0.29) is 10.5 Å². The van der Waals surface area contributed by atoms with Gasteiger partial charge in [-0.05, 0) is 55.0 Å². The maximum Gasteiger partial charge on any atom is 0.261 e. The predicted molar refractivity (Wildman–Crippen MR) is 133 cm³/mol. The molecule has 3 aromatic heterocycles. The molecular formula is C25H22N6O3S. The van der Waals surface area contributed by atoms with Gasteiger partial charge in [0.2, 0.25) is 0 Å². The van der Waals surface area contributed by atoms with Crippen molar-refractivity contribution >= 4 is 33.0 Å². The number of hydrogen-bond acceptors (Lipinski definition) is 5. The number of pyridine rings is 1. The van der Waals surface area contributed by atoms with Gasteiger partial charge in [-0.15, -0.1) is 0 Å². The quantitative estimate of drug-likeness (QED) is 0.362. The lowest BCUT2D eigenvalue weighted by atomic mass is 10.2. The third-order valence-electron chi connectivity index (χ3n) is 5.31. The van der Waals surface area contributed by atoms with Crippen LogP contribution in [0.5, 0.6) is 0 Å². The molecule has 0 radical (unpaired) electrons. The molecular weight excluding hydrogens is 464 g/mol. The van der Waals surface area contributed by atoms with Crippen LogP contribution in [0.25, 0.3) is 5.65 Å². The molecule has 0 saturated heterocycles. The number of nitrogens with one attached hydrogen (secondary N) is 2. The molecule has 0 aliphatic heterocycles. The van der Waals surface area contributed by atoms with Gasteiger partial charge in [0.05, 0.1) is 29.0 Å². The molecule has 176 valence electrons. The van der Waals surface area contributed by atoms with Gasteiger partial charge in [-0.2, -0.15) is 5.10 Å². The van der Waals surface area contributed by atoms with E-state index in [1.165, 1.54) is 24.4 Å². The molecule has 0 atom stereocenters. The highest BCUT2D eigenvalue weighted by molar-refractivity contribution is 7.92. The van der Waals surface area contributed by atoms with Crippen LogP contribution in [0.2, 0.25) is 0 Å². The molecule has 2 N–H and O–H groups in total. The first-order valence-corrected chi connectivity index (χ1v) is 12.3. The van der Waals surface area contributed by atoms with Crippen LogP contribution in [-0.4, -0.2) is 33.5 Å². The molecule has 5 rings (SSSR count). The predicted octanol–water partition coefficient (Wildman–Crippen LogP) is 3.94. The first-order chi connectivity index (χ1) is 16.9. The topological polar surface area (TPSA) is 110 Å². The Kier molecular flexibility index (Phi) is 5.79. The second kappa shape index (κ2) is 9.07. The van der Waals surface area contributed by atoms with E-state index in [0.29, 0.717) is 17.9 Å². The minimum absolute atomic E-state index is 0.00537. The SMILES string of the molecule is Cc1cccc(NS(=O)(=O)c2cccc(C(=O)Nc3cnn(Cc4cn5ccccc5n4)c3)c2)c1. The summed E-state index contributed by atoms with van der Waals surface area (Å²) in [5, 5.41) is 7.05. The first kappa shape index (κ1) is 22.4. The van der Waals surface area contributed by atoms with Crippen molar-refractivity contribution in [2.24, 2.45) is 0 Å². The number of imidazole rings is 1. The lowest BCUT2D eigenvalue weighted by molar-refractivity contribution is 0.102. The van der Waals surface area contributed by atoms with Crippen molar-refractivity contribution in [3.8, 4) is 0 Å². The molecule has 35 heavy (non-hydrogen) atoms. The maximum atomic E-state index is 12.8. The Hall–Kier alpha value is -4.44. The molecule has 0 saturated carbocycles. The molecule has 5 aromatic rings. The van der Waals surface area contributed by atoms with Crippen molar-refractivity contribution < 1.29 is 13.2 Å². The van der Waals surface area contributed by atoms with Crippen molar-refractivity contribution in [1.29, 1.82) is 0 Å². The number of sulfonamides is 1. The van der Waals surface area contributed by atoms with E-state index >= 15 is 0 Å².